The molecule has 0 radical (unpaired) electrons. The monoisotopic (exact) mass is 368 g/mol. The first kappa shape index (κ1) is 15.9. The van der Waals surface area contributed by atoms with Crippen LogP contribution in [0.25, 0.3) is 0 Å². The third kappa shape index (κ3) is 3.41. The van der Waals surface area contributed by atoms with Crippen LogP contribution in [0.4, 0.5) is 0 Å². The molecule has 2 nitrogen and oxygen atoms in total. The van der Waals surface area contributed by atoms with E-state index in [9.17, 15) is 5.11 Å². The molecule has 2 aromatic rings. The third-order valence-electron chi connectivity index (χ3n) is 2.39. The first-order valence-electron chi connectivity index (χ1n) is 5.31. The van der Waals surface area contributed by atoms with Gasteiger partial charge in [0.15, 0.2) is 5.75 Å². The Bertz CT molecular complexity index is 661. The maximum absolute atomic E-state index is 9.97. The SMILES string of the molecule is COc1c(Cl)cc(Cl)cc1Sc1cc(Cl)cc(Cl)c1O. The van der Waals surface area contributed by atoms with Gasteiger partial charge in [0.05, 0.1) is 26.9 Å². The number of rotatable bonds is 3. The summed E-state index contributed by atoms with van der Waals surface area (Å²) in [5.41, 5.74) is 0. The van der Waals surface area contributed by atoms with Gasteiger partial charge in [-0.05, 0) is 24.3 Å². The molecule has 0 atom stereocenters. The van der Waals surface area contributed by atoms with Crippen molar-refractivity contribution in [1.29, 1.82) is 0 Å². The topological polar surface area (TPSA) is 29.5 Å². The van der Waals surface area contributed by atoms with Crippen molar-refractivity contribution in [3.8, 4) is 11.5 Å². The third-order valence-corrected chi connectivity index (χ3v) is 4.45. The van der Waals surface area contributed by atoms with Gasteiger partial charge in [-0.1, -0.05) is 58.2 Å². The van der Waals surface area contributed by atoms with Crippen LogP contribution in [-0.4, -0.2) is 12.2 Å². The van der Waals surface area contributed by atoms with E-state index in [1.165, 1.54) is 24.9 Å². The Balaban J connectivity index is 2.50. The standard InChI is InChI=1S/C13H8Cl4O2S/c1-19-13-9(17)3-7(15)5-11(13)20-10-4-6(14)2-8(16)12(10)18/h2-5,18H,1H3. The van der Waals surface area contributed by atoms with Crippen molar-refractivity contribution in [2.45, 2.75) is 9.79 Å². The molecule has 0 heterocycles. The number of aromatic hydroxyl groups is 1. The van der Waals surface area contributed by atoms with Gasteiger partial charge in [-0.15, -0.1) is 0 Å². The van der Waals surface area contributed by atoms with Crippen LogP contribution in [0.2, 0.25) is 20.1 Å². The van der Waals surface area contributed by atoms with Gasteiger partial charge in [-0.25, -0.2) is 0 Å². The number of hydrogen-bond acceptors (Lipinski definition) is 3. The summed E-state index contributed by atoms with van der Waals surface area (Å²) in [6, 6.07) is 6.33. The second kappa shape index (κ2) is 6.54. The summed E-state index contributed by atoms with van der Waals surface area (Å²) in [5, 5.41) is 11.4. The van der Waals surface area contributed by atoms with Gasteiger partial charge >= 0.3 is 0 Å². The van der Waals surface area contributed by atoms with Crippen molar-refractivity contribution in [2.24, 2.45) is 0 Å². The number of ether oxygens (including phenoxy) is 1. The first-order chi connectivity index (χ1) is 9.42. The van der Waals surface area contributed by atoms with E-state index in [0.717, 1.165) is 0 Å². The number of methoxy groups -OCH3 is 1. The number of phenols is 1. The smallest absolute Gasteiger partial charge is 0.151 e. The quantitative estimate of drug-likeness (QED) is 0.701. The van der Waals surface area contributed by atoms with Gasteiger partial charge in [0.1, 0.15) is 5.75 Å². The molecule has 2 rings (SSSR count). The molecular formula is C13H8Cl4O2S. The van der Waals surface area contributed by atoms with E-state index in [4.69, 9.17) is 51.1 Å². The van der Waals surface area contributed by atoms with Crippen molar-refractivity contribution >= 4 is 58.2 Å². The van der Waals surface area contributed by atoms with E-state index in [1.807, 2.05) is 0 Å². The molecule has 0 bridgehead atoms. The molecule has 2 aromatic carbocycles. The zero-order valence-corrected chi connectivity index (χ0v) is 13.9. The zero-order chi connectivity index (χ0) is 14.9. The maximum atomic E-state index is 9.97. The minimum atomic E-state index is -0.0563. The van der Waals surface area contributed by atoms with E-state index >= 15 is 0 Å². The molecule has 0 spiro atoms. The molecule has 0 aliphatic rings. The lowest BCUT2D eigenvalue weighted by Gasteiger charge is -2.12. The fourth-order valence-electron chi connectivity index (χ4n) is 1.55. The Morgan fingerprint density at radius 1 is 0.900 bits per heavy atom. The van der Waals surface area contributed by atoms with E-state index in [1.54, 1.807) is 18.2 Å². The Labute approximate surface area is 140 Å². The van der Waals surface area contributed by atoms with Crippen LogP contribution in [-0.2, 0) is 0 Å². The fraction of sp³-hybridized carbons (Fsp3) is 0.0769. The second-order valence-corrected chi connectivity index (χ2v) is 6.53. The van der Waals surface area contributed by atoms with E-state index in [-0.39, 0.29) is 10.8 Å². The summed E-state index contributed by atoms with van der Waals surface area (Å²) >= 11 is 25.1. The number of phenolic OH excluding ortho intramolecular Hbond substituents is 1. The van der Waals surface area contributed by atoms with Crippen LogP contribution in [0.15, 0.2) is 34.1 Å². The summed E-state index contributed by atoms with van der Waals surface area (Å²) in [5.74, 6) is 0.413. The van der Waals surface area contributed by atoms with Gasteiger partial charge in [0.25, 0.3) is 0 Å². The summed E-state index contributed by atoms with van der Waals surface area (Å²) in [7, 11) is 1.50. The molecule has 0 aliphatic carbocycles. The molecule has 106 valence electrons. The molecule has 0 amide bonds. The normalized spacial score (nSPS) is 10.7. The van der Waals surface area contributed by atoms with Crippen LogP contribution < -0.4 is 4.74 Å². The van der Waals surface area contributed by atoms with Gasteiger partial charge in [0, 0.05) is 10.0 Å². The minimum Gasteiger partial charge on any atom is -0.505 e. The van der Waals surface area contributed by atoms with Gasteiger partial charge in [-0.2, -0.15) is 0 Å². The van der Waals surface area contributed by atoms with Gasteiger partial charge < -0.3 is 9.84 Å². The van der Waals surface area contributed by atoms with E-state index in [2.05, 4.69) is 0 Å². The average Bonchev–Trinajstić information content (AvgIpc) is 2.35. The molecule has 0 aliphatic heterocycles. The number of benzene rings is 2. The van der Waals surface area contributed by atoms with Crippen molar-refractivity contribution in [1.82, 2.24) is 0 Å². The predicted molar refractivity (Wildman–Crippen MR) is 85.3 cm³/mol. The van der Waals surface area contributed by atoms with Crippen LogP contribution in [0, 0.1) is 0 Å². The lowest BCUT2D eigenvalue weighted by atomic mass is 10.3. The number of halogens is 4. The summed E-state index contributed by atoms with van der Waals surface area (Å²) < 4.78 is 5.24. The molecule has 7 heteroatoms. The molecular weight excluding hydrogens is 362 g/mol. The summed E-state index contributed by atoms with van der Waals surface area (Å²) in [6.07, 6.45) is 0. The Morgan fingerprint density at radius 3 is 2.05 bits per heavy atom. The molecule has 0 fully saturated rings. The van der Waals surface area contributed by atoms with E-state index in [0.29, 0.717) is 30.6 Å². The predicted octanol–water partition coefficient (Wildman–Crippen LogP) is 6.17. The van der Waals surface area contributed by atoms with Crippen molar-refractivity contribution in [3.63, 3.8) is 0 Å². The molecule has 1 N–H and O–H groups in total. The van der Waals surface area contributed by atoms with Gasteiger partial charge in [-0.3, -0.25) is 0 Å². The zero-order valence-electron chi connectivity index (χ0n) is 10.1. The maximum Gasteiger partial charge on any atom is 0.151 e. The van der Waals surface area contributed by atoms with E-state index < -0.39 is 0 Å². The van der Waals surface area contributed by atoms with Crippen LogP contribution >= 0.6 is 58.2 Å². The molecule has 0 saturated carbocycles. The van der Waals surface area contributed by atoms with Crippen molar-refractivity contribution in [3.05, 3.63) is 44.4 Å². The largest absolute Gasteiger partial charge is 0.505 e. The lowest BCUT2D eigenvalue weighted by molar-refractivity contribution is 0.405. The second-order valence-electron chi connectivity index (χ2n) is 3.76. The lowest BCUT2D eigenvalue weighted by Crippen LogP contribution is -1.88. The summed E-state index contributed by atoms with van der Waals surface area (Å²) in [4.78, 5) is 1.14. The van der Waals surface area contributed by atoms with Crippen molar-refractivity contribution < 1.29 is 9.84 Å². The van der Waals surface area contributed by atoms with Crippen LogP contribution in [0.1, 0.15) is 0 Å². The molecule has 0 saturated heterocycles. The molecule has 0 aromatic heterocycles. The fourth-order valence-corrected chi connectivity index (χ4v) is 3.96. The average molecular weight is 370 g/mol. The summed E-state index contributed by atoms with van der Waals surface area (Å²) in [6.45, 7) is 0. The highest BCUT2D eigenvalue weighted by molar-refractivity contribution is 7.99. The van der Waals surface area contributed by atoms with Crippen LogP contribution in [0.3, 0.4) is 0 Å². The van der Waals surface area contributed by atoms with Crippen LogP contribution in [0.5, 0.6) is 11.5 Å². The first-order valence-corrected chi connectivity index (χ1v) is 7.64. The highest BCUT2D eigenvalue weighted by atomic mass is 35.5. The van der Waals surface area contributed by atoms with Gasteiger partial charge in [0.2, 0.25) is 0 Å². The Hall–Kier alpha value is -0.450. The van der Waals surface area contributed by atoms with Crippen molar-refractivity contribution in [2.75, 3.05) is 7.11 Å². The Kier molecular flexibility index (Phi) is 5.21. The molecule has 20 heavy (non-hydrogen) atoms. The number of hydrogen-bond donors (Lipinski definition) is 1. The highest BCUT2D eigenvalue weighted by Crippen LogP contribution is 2.46. The Morgan fingerprint density at radius 2 is 1.45 bits per heavy atom. The minimum absolute atomic E-state index is 0.0563. The molecule has 0 unspecified atom stereocenters. The highest BCUT2D eigenvalue weighted by Gasteiger charge is 2.15.